The van der Waals surface area contributed by atoms with Crippen molar-refractivity contribution in [3.63, 3.8) is 0 Å². The van der Waals surface area contributed by atoms with Crippen LogP contribution in [0.5, 0.6) is 0 Å². The van der Waals surface area contributed by atoms with Crippen molar-refractivity contribution in [2.24, 2.45) is 0 Å². The quantitative estimate of drug-likeness (QED) is 0.321. The third-order valence-corrected chi connectivity index (χ3v) is 1.06. The number of hydrogen-bond acceptors (Lipinski definition) is 3. The minimum Gasteiger partial charge on any atom is -0.460 e. The summed E-state index contributed by atoms with van der Waals surface area (Å²) in [5, 5.41) is 0. The molecule has 0 saturated heterocycles. The van der Waals surface area contributed by atoms with Gasteiger partial charge in [-0.15, -0.1) is 9.24 Å². The van der Waals surface area contributed by atoms with Crippen LogP contribution in [0.2, 0.25) is 0 Å². The Kier molecular flexibility index (Phi) is 4.24. The topological polar surface area (TPSA) is 43.4 Å². The van der Waals surface area contributed by atoms with Gasteiger partial charge in [-0.3, -0.25) is 4.79 Å². The number of ketones is 1. The van der Waals surface area contributed by atoms with Gasteiger partial charge in [-0.05, 0) is 6.92 Å². The van der Waals surface area contributed by atoms with E-state index in [4.69, 9.17) is 0 Å². The van der Waals surface area contributed by atoms with Crippen molar-refractivity contribution < 1.29 is 14.3 Å². The van der Waals surface area contributed by atoms with Gasteiger partial charge in [0.25, 0.3) is 0 Å². The number of ether oxygens (including phenoxy) is 1. The minimum atomic E-state index is -0.743. The molecule has 0 aliphatic carbocycles. The molecule has 0 aliphatic rings. The van der Waals surface area contributed by atoms with Crippen LogP contribution in [0.25, 0.3) is 0 Å². The summed E-state index contributed by atoms with van der Waals surface area (Å²) in [5.74, 6) is -1.24. The Bertz CT molecular complexity index is 121. The van der Waals surface area contributed by atoms with Crippen molar-refractivity contribution in [3.8, 4) is 0 Å². The van der Waals surface area contributed by atoms with E-state index in [-0.39, 0.29) is 12.8 Å². The van der Waals surface area contributed by atoms with Gasteiger partial charge in [0.1, 0.15) is 0 Å². The summed E-state index contributed by atoms with van der Waals surface area (Å²) in [4.78, 5) is 20.8. The molecule has 0 amide bonds. The molecular weight excluding hydrogens is 139 g/mol. The lowest BCUT2D eigenvalue weighted by molar-refractivity contribution is -0.152. The second-order valence-corrected chi connectivity index (χ2v) is 1.76. The Morgan fingerprint density at radius 3 is 2.44 bits per heavy atom. The summed E-state index contributed by atoms with van der Waals surface area (Å²) >= 11 is 0. The smallest absolute Gasteiger partial charge is 0.374 e. The van der Waals surface area contributed by atoms with Crippen LogP contribution >= 0.6 is 9.24 Å². The molecule has 4 heteroatoms. The minimum absolute atomic E-state index is 0.138. The predicted octanol–water partition coefficient (Wildman–Crippen LogP) is -0.00630. The summed E-state index contributed by atoms with van der Waals surface area (Å²) in [7, 11) is 2.16. The Balaban J connectivity index is 3.60. The molecule has 0 spiro atoms. The van der Waals surface area contributed by atoms with E-state index in [0.29, 0.717) is 0 Å². The van der Waals surface area contributed by atoms with Crippen LogP contribution in [0.3, 0.4) is 0 Å². The molecule has 0 aromatic carbocycles. The van der Waals surface area contributed by atoms with Crippen molar-refractivity contribution in [2.45, 2.75) is 6.92 Å². The highest BCUT2D eigenvalue weighted by atomic mass is 31.0. The molecule has 0 radical (unpaired) electrons. The van der Waals surface area contributed by atoms with Crippen molar-refractivity contribution in [1.29, 1.82) is 0 Å². The third kappa shape index (κ3) is 3.20. The maximum absolute atomic E-state index is 10.4. The van der Waals surface area contributed by atoms with Crippen molar-refractivity contribution in [3.05, 3.63) is 0 Å². The Hall–Kier alpha value is -0.430. The van der Waals surface area contributed by atoms with Crippen LogP contribution in [-0.2, 0) is 14.3 Å². The maximum Gasteiger partial charge on any atom is 0.374 e. The summed E-state index contributed by atoms with van der Waals surface area (Å²) in [6, 6.07) is 0. The van der Waals surface area contributed by atoms with Crippen LogP contribution in [0.1, 0.15) is 6.92 Å². The van der Waals surface area contributed by atoms with Gasteiger partial charge in [0.05, 0.1) is 6.61 Å². The number of Topliss-reactive ketones (excluding diaryl/α,β-unsaturated/α-hetero) is 1. The molecule has 0 saturated carbocycles. The second-order valence-electron chi connectivity index (χ2n) is 1.35. The molecule has 0 aliphatic heterocycles. The van der Waals surface area contributed by atoms with E-state index in [2.05, 4.69) is 14.0 Å². The fourth-order valence-corrected chi connectivity index (χ4v) is 0.462. The van der Waals surface area contributed by atoms with E-state index in [1.807, 2.05) is 0 Å². The van der Waals surface area contributed by atoms with Gasteiger partial charge in [-0.1, -0.05) is 0 Å². The highest BCUT2D eigenvalue weighted by Crippen LogP contribution is 1.86. The van der Waals surface area contributed by atoms with Gasteiger partial charge in [0.15, 0.2) is 0 Å². The first-order valence-electron chi connectivity index (χ1n) is 2.62. The van der Waals surface area contributed by atoms with Crippen LogP contribution in [0.15, 0.2) is 0 Å². The van der Waals surface area contributed by atoms with Gasteiger partial charge in [0, 0.05) is 6.16 Å². The maximum atomic E-state index is 10.4. The number of carbonyl (C=O) groups excluding carboxylic acids is 2. The molecule has 1 unspecified atom stereocenters. The van der Waals surface area contributed by atoms with Gasteiger partial charge >= 0.3 is 5.97 Å². The zero-order valence-corrected chi connectivity index (χ0v) is 6.37. The molecule has 52 valence electrons. The molecule has 9 heavy (non-hydrogen) atoms. The van der Waals surface area contributed by atoms with E-state index in [9.17, 15) is 9.59 Å². The third-order valence-electron chi connectivity index (χ3n) is 0.688. The molecule has 0 aromatic heterocycles. The van der Waals surface area contributed by atoms with Gasteiger partial charge in [-0.2, -0.15) is 0 Å². The first-order valence-corrected chi connectivity index (χ1v) is 3.44. The Morgan fingerprint density at radius 2 is 2.11 bits per heavy atom. The molecule has 0 bridgehead atoms. The first-order chi connectivity index (χ1) is 4.22. The second kappa shape index (κ2) is 4.45. The summed E-state index contributed by atoms with van der Waals surface area (Å²) < 4.78 is 4.39. The van der Waals surface area contributed by atoms with Crippen LogP contribution in [-0.4, -0.2) is 24.5 Å². The largest absolute Gasteiger partial charge is 0.460 e. The monoisotopic (exact) mass is 148 g/mol. The zero-order valence-electron chi connectivity index (χ0n) is 5.22. The predicted molar refractivity (Wildman–Crippen MR) is 36.2 cm³/mol. The van der Waals surface area contributed by atoms with E-state index in [0.717, 1.165) is 0 Å². The average molecular weight is 148 g/mol. The molecule has 0 aromatic rings. The summed E-state index contributed by atoms with van der Waals surface area (Å²) in [5.41, 5.74) is 0. The lowest BCUT2D eigenvalue weighted by atomic mass is 10.5. The van der Waals surface area contributed by atoms with Gasteiger partial charge in [0.2, 0.25) is 5.78 Å². The Labute approximate surface area is 56.0 Å². The Morgan fingerprint density at radius 1 is 1.56 bits per heavy atom. The molecule has 0 fully saturated rings. The number of hydrogen-bond donors (Lipinski definition) is 0. The number of esters is 1. The molecular formula is C5H9O3P. The molecule has 3 nitrogen and oxygen atoms in total. The first kappa shape index (κ1) is 8.57. The highest BCUT2D eigenvalue weighted by molar-refractivity contribution is 7.18. The number of carbonyl (C=O) groups is 2. The van der Waals surface area contributed by atoms with Crippen molar-refractivity contribution >= 4 is 21.0 Å². The molecule has 0 heterocycles. The fraction of sp³-hybridized carbons (Fsp3) is 0.600. The lowest BCUT2D eigenvalue weighted by Crippen LogP contribution is -2.17. The highest BCUT2D eigenvalue weighted by Gasteiger charge is 2.10. The van der Waals surface area contributed by atoms with E-state index in [1.54, 1.807) is 6.92 Å². The zero-order chi connectivity index (χ0) is 7.28. The number of rotatable bonds is 3. The van der Waals surface area contributed by atoms with Crippen LogP contribution in [0, 0.1) is 0 Å². The van der Waals surface area contributed by atoms with Gasteiger partial charge in [-0.25, -0.2) is 4.79 Å². The van der Waals surface area contributed by atoms with E-state index < -0.39 is 11.8 Å². The van der Waals surface area contributed by atoms with Crippen molar-refractivity contribution in [2.75, 3.05) is 12.8 Å². The van der Waals surface area contributed by atoms with Crippen LogP contribution in [0.4, 0.5) is 0 Å². The van der Waals surface area contributed by atoms with Gasteiger partial charge < -0.3 is 4.74 Å². The van der Waals surface area contributed by atoms with E-state index >= 15 is 0 Å². The van der Waals surface area contributed by atoms with Crippen molar-refractivity contribution in [1.82, 2.24) is 0 Å². The SMILES string of the molecule is CCOC(=O)C(=O)CP. The molecule has 1 atom stereocenters. The van der Waals surface area contributed by atoms with Crippen LogP contribution < -0.4 is 0 Å². The fourth-order valence-electron chi connectivity index (χ4n) is 0.295. The lowest BCUT2D eigenvalue weighted by Gasteiger charge is -1.95. The summed E-state index contributed by atoms with van der Waals surface area (Å²) in [6.07, 6.45) is 0.138. The van der Waals surface area contributed by atoms with E-state index in [1.165, 1.54) is 0 Å². The average Bonchev–Trinajstić information content (AvgIpc) is 1.87. The normalized spacial score (nSPS) is 8.67. The standard InChI is InChI=1S/C5H9O3P/c1-2-8-5(7)4(6)3-9/h2-3,9H2,1H3. The molecule has 0 rings (SSSR count). The molecule has 0 N–H and O–H groups in total. The summed E-state index contributed by atoms with van der Waals surface area (Å²) in [6.45, 7) is 1.92.